The largest absolute Gasteiger partial charge is 0.368 e. The normalized spacial score (nSPS) is 16.5. The second kappa shape index (κ2) is 11.9. The molecule has 0 saturated carbocycles. The van der Waals surface area contributed by atoms with Crippen molar-refractivity contribution < 1.29 is 9.84 Å². The van der Waals surface area contributed by atoms with Gasteiger partial charge in [0.25, 0.3) is 0 Å². The zero-order valence-electron chi connectivity index (χ0n) is 13.5. The third kappa shape index (κ3) is 8.34. The highest BCUT2D eigenvalue weighted by molar-refractivity contribution is 5.23. The summed E-state index contributed by atoms with van der Waals surface area (Å²) in [6.45, 7) is 14.6. The summed E-state index contributed by atoms with van der Waals surface area (Å²) in [7, 11) is 0. The van der Waals surface area contributed by atoms with Crippen LogP contribution >= 0.6 is 0 Å². The molecule has 0 aromatic heterocycles. The number of hydrogen-bond acceptors (Lipinski definition) is 2. The molecule has 116 valence electrons. The van der Waals surface area contributed by atoms with E-state index in [9.17, 15) is 5.11 Å². The SMILES string of the molecule is C=C/C=C(\C=C)C(C)CC(O)OCCC(CC)CCC. The average Bonchev–Trinajstić information content (AvgIpc) is 2.43. The third-order valence-electron chi connectivity index (χ3n) is 3.78. The van der Waals surface area contributed by atoms with E-state index < -0.39 is 6.29 Å². The summed E-state index contributed by atoms with van der Waals surface area (Å²) in [5.41, 5.74) is 1.08. The van der Waals surface area contributed by atoms with Crippen LogP contribution in [0, 0.1) is 11.8 Å². The lowest BCUT2D eigenvalue weighted by atomic mass is 9.96. The van der Waals surface area contributed by atoms with E-state index >= 15 is 0 Å². The number of aliphatic hydroxyl groups is 1. The van der Waals surface area contributed by atoms with Crippen LogP contribution in [0.15, 0.2) is 37.0 Å². The van der Waals surface area contributed by atoms with Crippen LogP contribution in [0.3, 0.4) is 0 Å². The minimum Gasteiger partial charge on any atom is -0.368 e. The molecule has 0 fully saturated rings. The van der Waals surface area contributed by atoms with Crippen molar-refractivity contribution in [3.05, 3.63) is 37.0 Å². The van der Waals surface area contributed by atoms with E-state index in [1.807, 2.05) is 12.2 Å². The highest BCUT2D eigenvalue weighted by atomic mass is 16.6. The predicted octanol–water partition coefficient (Wildman–Crippen LogP) is 4.86. The van der Waals surface area contributed by atoms with Crippen LogP contribution in [0.2, 0.25) is 0 Å². The first-order valence-corrected chi connectivity index (χ1v) is 7.83. The molecule has 0 bridgehead atoms. The van der Waals surface area contributed by atoms with E-state index in [0.29, 0.717) is 18.9 Å². The van der Waals surface area contributed by atoms with Crippen molar-refractivity contribution in [2.45, 2.75) is 59.2 Å². The van der Waals surface area contributed by atoms with E-state index in [4.69, 9.17) is 4.74 Å². The molecule has 3 atom stereocenters. The number of hydrogen-bond donors (Lipinski definition) is 1. The number of ether oxygens (including phenoxy) is 1. The molecule has 0 aliphatic carbocycles. The van der Waals surface area contributed by atoms with Gasteiger partial charge in [-0.05, 0) is 23.8 Å². The minimum absolute atomic E-state index is 0.220. The van der Waals surface area contributed by atoms with Crippen molar-refractivity contribution in [3.63, 3.8) is 0 Å². The molecule has 0 saturated heterocycles. The summed E-state index contributed by atoms with van der Waals surface area (Å²) >= 11 is 0. The quantitative estimate of drug-likeness (QED) is 0.408. The van der Waals surface area contributed by atoms with Crippen LogP contribution in [-0.4, -0.2) is 18.0 Å². The molecule has 0 aromatic rings. The van der Waals surface area contributed by atoms with Gasteiger partial charge in [0, 0.05) is 13.0 Å². The fraction of sp³-hybridized carbons (Fsp3) is 0.667. The molecule has 0 spiro atoms. The molecular weight excluding hydrogens is 248 g/mol. The van der Waals surface area contributed by atoms with Gasteiger partial charge < -0.3 is 9.84 Å². The Hall–Kier alpha value is -0.860. The first-order chi connectivity index (χ1) is 9.58. The van der Waals surface area contributed by atoms with Crippen LogP contribution in [0.25, 0.3) is 0 Å². The zero-order valence-corrected chi connectivity index (χ0v) is 13.5. The molecule has 0 aliphatic heterocycles. The fourth-order valence-electron chi connectivity index (χ4n) is 2.41. The lowest BCUT2D eigenvalue weighted by Crippen LogP contribution is -2.18. The molecule has 2 heteroatoms. The van der Waals surface area contributed by atoms with Gasteiger partial charge in [0.15, 0.2) is 6.29 Å². The molecule has 0 radical (unpaired) electrons. The van der Waals surface area contributed by atoms with Crippen molar-refractivity contribution in [1.29, 1.82) is 0 Å². The van der Waals surface area contributed by atoms with Crippen molar-refractivity contribution in [2.24, 2.45) is 11.8 Å². The topological polar surface area (TPSA) is 29.5 Å². The number of aliphatic hydroxyl groups excluding tert-OH is 1. The van der Waals surface area contributed by atoms with Gasteiger partial charge in [-0.15, -0.1) is 0 Å². The molecule has 0 aliphatic rings. The van der Waals surface area contributed by atoms with Gasteiger partial charge in [0.1, 0.15) is 0 Å². The lowest BCUT2D eigenvalue weighted by Gasteiger charge is -2.19. The van der Waals surface area contributed by atoms with E-state index in [1.165, 1.54) is 19.3 Å². The Morgan fingerprint density at radius 1 is 1.25 bits per heavy atom. The molecule has 3 unspecified atom stereocenters. The van der Waals surface area contributed by atoms with Gasteiger partial charge in [0.05, 0.1) is 0 Å². The molecule has 1 N–H and O–H groups in total. The minimum atomic E-state index is -0.697. The maximum absolute atomic E-state index is 9.94. The summed E-state index contributed by atoms with van der Waals surface area (Å²) in [6.07, 6.45) is 10.1. The van der Waals surface area contributed by atoms with Gasteiger partial charge in [-0.2, -0.15) is 0 Å². The molecular formula is C18H32O2. The maximum atomic E-state index is 9.94. The van der Waals surface area contributed by atoms with Crippen molar-refractivity contribution in [2.75, 3.05) is 6.61 Å². The molecule has 20 heavy (non-hydrogen) atoms. The molecule has 0 amide bonds. The van der Waals surface area contributed by atoms with E-state index in [-0.39, 0.29) is 5.92 Å². The Bertz CT molecular complexity index is 294. The smallest absolute Gasteiger partial charge is 0.155 e. The molecule has 0 aromatic carbocycles. The fourth-order valence-corrected chi connectivity index (χ4v) is 2.41. The van der Waals surface area contributed by atoms with Crippen LogP contribution < -0.4 is 0 Å². The Kier molecular flexibility index (Phi) is 11.4. The molecule has 0 heterocycles. The first-order valence-electron chi connectivity index (χ1n) is 7.83. The zero-order chi connectivity index (χ0) is 15.4. The second-order valence-electron chi connectivity index (χ2n) is 5.42. The van der Waals surface area contributed by atoms with Crippen molar-refractivity contribution in [3.8, 4) is 0 Å². The van der Waals surface area contributed by atoms with Gasteiger partial charge in [-0.1, -0.05) is 71.4 Å². The van der Waals surface area contributed by atoms with Crippen LogP contribution in [-0.2, 0) is 4.74 Å². The van der Waals surface area contributed by atoms with Gasteiger partial charge in [-0.3, -0.25) is 0 Å². The maximum Gasteiger partial charge on any atom is 0.155 e. The van der Waals surface area contributed by atoms with Gasteiger partial charge in [-0.25, -0.2) is 0 Å². The van der Waals surface area contributed by atoms with E-state index in [1.54, 1.807) is 6.08 Å². The Labute approximate surface area is 125 Å². The highest BCUT2D eigenvalue weighted by Gasteiger charge is 2.13. The van der Waals surface area contributed by atoms with Gasteiger partial charge in [0.2, 0.25) is 0 Å². The standard InChI is InChI=1S/C18H32O2/c1-6-10-16(8-3)12-13-20-18(19)14-15(5)17(9-4)11-7-2/h7,9,11,15-16,18-19H,2,4,6,8,10,12-14H2,1,3,5H3/b17-11+. The summed E-state index contributed by atoms with van der Waals surface area (Å²) in [4.78, 5) is 0. The molecule has 2 nitrogen and oxygen atoms in total. The Morgan fingerprint density at radius 3 is 2.45 bits per heavy atom. The van der Waals surface area contributed by atoms with Crippen LogP contribution in [0.5, 0.6) is 0 Å². The summed E-state index contributed by atoms with van der Waals surface area (Å²) < 4.78 is 5.53. The van der Waals surface area contributed by atoms with E-state index in [2.05, 4.69) is 33.9 Å². The van der Waals surface area contributed by atoms with E-state index in [0.717, 1.165) is 12.0 Å². The summed E-state index contributed by atoms with van der Waals surface area (Å²) in [6, 6.07) is 0. The predicted molar refractivity (Wildman–Crippen MR) is 87.5 cm³/mol. The van der Waals surface area contributed by atoms with Crippen molar-refractivity contribution >= 4 is 0 Å². The third-order valence-corrected chi connectivity index (χ3v) is 3.78. The van der Waals surface area contributed by atoms with Crippen LogP contribution in [0.1, 0.15) is 52.9 Å². The second-order valence-corrected chi connectivity index (χ2v) is 5.42. The van der Waals surface area contributed by atoms with Crippen molar-refractivity contribution in [1.82, 2.24) is 0 Å². The number of rotatable bonds is 12. The molecule has 0 rings (SSSR count). The highest BCUT2D eigenvalue weighted by Crippen LogP contribution is 2.19. The Morgan fingerprint density at radius 2 is 1.95 bits per heavy atom. The average molecular weight is 280 g/mol. The number of allylic oxidation sites excluding steroid dienone is 4. The summed E-state index contributed by atoms with van der Waals surface area (Å²) in [5.74, 6) is 0.937. The lowest BCUT2D eigenvalue weighted by molar-refractivity contribution is -0.111. The monoisotopic (exact) mass is 280 g/mol. The Balaban J connectivity index is 4.04. The first kappa shape index (κ1) is 19.1. The van der Waals surface area contributed by atoms with Gasteiger partial charge >= 0.3 is 0 Å². The van der Waals surface area contributed by atoms with Crippen LogP contribution in [0.4, 0.5) is 0 Å². The summed E-state index contributed by atoms with van der Waals surface area (Å²) in [5, 5.41) is 9.94.